The normalized spacial score (nSPS) is 10.7. The Kier molecular flexibility index (Phi) is 2.73. The Morgan fingerprint density at radius 2 is 1.95 bits per heavy atom. The molecule has 0 aliphatic rings. The molecule has 0 fully saturated rings. The molecule has 104 valence electrons. The maximum atomic E-state index is 8.99. The second-order valence-corrected chi connectivity index (χ2v) is 4.93. The van der Waals surface area contributed by atoms with Gasteiger partial charge in [0.25, 0.3) is 0 Å². The molecule has 5 heteroatoms. The first kappa shape index (κ1) is 12.4. The largest absolute Gasteiger partial charge is 0.350 e. The Labute approximate surface area is 126 Å². The summed E-state index contributed by atoms with van der Waals surface area (Å²) in [5.41, 5.74) is 4.17. The number of hydrogen-bond acceptors (Lipinski definition) is 4. The van der Waals surface area contributed by atoms with Gasteiger partial charge in [0.15, 0.2) is 5.82 Å². The third-order valence-electron chi connectivity index (χ3n) is 3.54. The van der Waals surface area contributed by atoms with Gasteiger partial charge in [-0.2, -0.15) is 5.26 Å². The maximum Gasteiger partial charge on any atom is 0.158 e. The lowest BCUT2D eigenvalue weighted by atomic mass is 10.2. The van der Waals surface area contributed by atoms with Gasteiger partial charge in [0.05, 0.1) is 11.6 Å². The SMILES string of the molecule is N#Cc1cccc(Nc2ncnc3c2[nH]c2ccccc23)c1. The van der Waals surface area contributed by atoms with Crippen LogP contribution in [0, 0.1) is 11.3 Å². The van der Waals surface area contributed by atoms with Crippen molar-refractivity contribution in [2.75, 3.05) is 5.32 Å². The van der Waals surface area contributed by atoms with Gasteiger partial charge in [-0.05, 0) is 24.3 Å². The van der Waals surface area contributed by atoms with Gasteiger partial charge >= 0.3 is 0 Å². The van der Waals surface area contributed by atoms with Crippen LogP contribution < -0.4 is 5.32 Å². The molecule has 2 aromatic heterocycles. The fourth-order valence-electron chi connectivity index (χ4n) is 2.54. The highest BCUT2D eigenvalue weighted by Gasteiger charge is 2.10. The summed E-state index contributed by atoms with van der Waals surface area (Å²) in [6.07, 6.45) is 1.54. The molecule has 0 aliphatic carbocycles. The van der Waals surface area contributed by atoms with E-state index in [4.69, 9.17) is 5.26 Å². The molecule has 0 radical (unpaired) electrons. The summed E-state index contributed by atoms with van der Waals surface area (Å²) in [7, 11) is 0. The van der Waals surface area contributed by atoms with Crippen molar-refractivity contribution in [3.05, 3.63) is 60.4 Å². The Morgan fingerprint density at radius 1 is 1.05 bits per heavy atom. The number of nitriles is 1. The number of para-hydroxylation sites is 1. The zero-order chi connectivity index (χ0) is 14.9. The number of aromatic amines is 1. The van der Waals surface area contributed by atoms with Crippen LogP contribution in [0.1, 0.15) is 5.56 Å². The molecule has 0 bridgehead atoms. The maximum absolute atomic E-state index is 8.99. The average Bonchev–Trinajstić information content (AvgIpc) is 2.95. The minimum Gasteiger partial charge on any atom is -0.350 e. The van der Waals surface area contributed by atoms with Crippen molar-refractivity contribution in [1.29, 1.82) is 5.26 Å². The van der Waals surface area contributed by atoms with Crippen LogP contribution in [0.5, 0.6) is 0 Å². The molecule has 0 saturated carbocycles. The lowest BCUT2D eigenvalue weighted by Gasteiger charge is -2.06. The number of fused-ring (bicyclic) bond motifs is 3. The smallest absolute Gasteiger partial charge is 0.158 e. The summed E-state index contributed by atoms with van der Waals surface area (Å²) in [4.78, 5) is 12.0. The van der Waals surface area contributed by atoms with E-state index in [0.717, 1.165) is 27.6 Å². The fraction of sp³-hybridized carbons (Fsp3) is 0. The summed E-state index contributed by atoms with van der Waals surface area (Å²) in [5, 5.41) is 13.3. The summed E-state index contributed by atoms with van der Waals surface area (Å²) >= 11 is 0. The van der Waals surface area contributed by atoms with E-state index in [2.05, 4.69) is 26.3 Å². The Bertz CT molecular complexity index is 1030. The molecule has 4 rings (SSSR count). The molecular weight excluding hydrogens is 274 g/mol. The summed E-state index contributed by atoms with van der Waals surface area (Å²) < 4.78 is 0. The lowest BCUT2D eigenvalue weighted by molar-refractivity contribution is 1.22. The zero-order valence-corrected chi connectivity index (χ0v) is 11.5. The summed E-state index contributed by atoms with van der Waals surface area (Å²) in [6.45, 7) is 0. The molecule has 4 aromatic rings. The molecule has 0 saturated heterocycles. The molecule has 0 unspecified atom stereocenters. The van der Waals surface area contributed by atoms with Crippen molar-refractivity contribution in [3.8, 4) is 6.07 Å². The first-order valence-electron chi connectivity index (χ1n) is 6.84. The van der Waals surface area contributed by atoms with Crippen molar-refractivity contribution >= 4 is 33.4 Å². The second kappa shape index (κ2) is 4.86. The van der Waals surface area contributed by atoms with Crippen LogP contribution in [0.2, 0.25) is 0 Å². The number of aromatic nitrogens is 3. The molecule has 2 N–H and O–H groups in total. The minimum atomic E-state index is 0.604. The van der Waals surface area contributed by atoms with E-state index in [0.29, 0.717) is 11.4 Å². The number of rotatable bonds is 2. The summed E-state index contributed by atoms with van der Waals surface area (Å²) in [6, 6.07) is 17.4. The molecule has 2 heterocycles. The molecule has 0 atom stereocenters. The average molecular weight is 285 g/mol. The predicted octanol–water partition coefficient (Wildman–Crippen LogP) is 3.73. The first-order chi connectivity index (χ1) is 10.8. The van der Waals surface area contributed by atoms with Crippen molar-refractivity contribution < 1.29 is 0 Å². The molecule has 0 amide bonds. The number of nitrogens with one attached hydrogen (secondary N) is 2. The van der Waals surface area contributed by atoms with Gasteiger partial charge < -0.3 is 10.3 Å². The standard InChI is InChI=1S/C17H11N5/c18-9-11-4-3-5-12(8-11)21-17-16-15(19-10-20-17)13-6-1-2-7-14(13)22-16/h1-8,10,22H,(H,19,20,21). The van der Waals surface area contributed by atoms with Crippen molar-refractivity contribution in [3.63, 3.8) is 0 Å². The van der Waals surface area contributed by atoms with E-state index in [1.807, 2.05) is 36.4 Å². The lowest BCUT2D eigenvalue weighted by Crippen LogP contribution is -1.95. The minimum absolute atomic E-state index is 0.604. The first-order valence-corrected chi connectivity index (χ1v) is 6.84. The molecule has 0 spiro atoms. The number of anilines is 2. The molecule has 0 aliphatic heterocycles. The fourth-order valence-corrected chi connectivity index (χ4v) is 2.54. The Balaban J connectivity index is 1.86. The van der Waals surface area contributed by atoms with E-state index in [-0.39, 0.29) is 0 Å². The Hall–Kier alpha value is -3.39. The number of nitrogens with zero attached hydrogens (tertiary/aromatic N) is 3. The van der Waals surface area contributed by atoms with Crippen LogP contribution in [-0.4, -0.2) is 15.0 Å². The van der Waals surface area contributed by atoms with Crippen molar-refractivity contribution in [2.24, 2.45) is 0 Å². The molecule has 2 aromatic carbocycles. The van der Waals surface area contributed by atoms with Gasteiger partial charge in [-0.25, -0.2) is 9.97 Å². The van der Waals surface area contributed by atoms with E-state index in [1.54, 1.807) is 18.5 Å². The van der Waals surface area contributed by atoms with Crippen molar-refractivity contribution in [2.45, 2.75) is 0 Å². The third-order valence-corrected chi connectivity index (χ3v) is 3.54. The molecule has 22 heavy (non-hydrogen) atoms. The van der Waals surface area contributed by atoms with Crippen LogP contribution in [-0.2, 0) is 0 Å². The van der Waals surface area contributed by atoms with Crippen LogP contribution in [0.15, 0.2) is 54.9 Å². The second-order valence-electron chi connectivity index (χ2n) is 4.93. The van der Waals surface area contributed by atoms with Gasteiger partial charge in [-0.15, -0.1) is 0 Å². The van der Waals surface area contributed by atoms with E-state index in [9.17, 15) is 0 Å². The zero-order valence-electron chi connectivity index (χ0n) is 11.5. The van der Waals surface area contributed by atoms with Crippen LogP contribution in [0.4, 0.5) is 11.5 Å². The third kappa shape index (κ3) is 1.95. The van der Waals surface area contributed by atoms with Gasteiger partial charge in [-0.3, -0.25) is 0 Å². The highest BCUT2D eigenvalue weighted by atomic mass is 15.0. The van der Waals surface area contributed by atoms with Gasteiger partial charge in [0.2, 0.25) is 0 Å². The van der Waals surface area contributed by atoms with Gasteiger partial charge in [-0.1, -0.05) is 24.3 Å². The topological polar surface area (TPSA) is 77.4 Å². The highest BCUT2D eigenvalue weighted by Crippen LogP contribution is 2.28. The summed E-state index contributed by atoms with van der Waals surface area (Å²) in [5.74, 6) is 0.691. The van der Waals surface area contributed by atoms with Gasteiger partial charge in [0, 0.05) is 16.6 Å². The van der Waals surface area contributed by atoms with Crippen LogP contribution in [0.3, 0.4) is 0 Å². The molecule has 5 nitrogen and oxygen atoms in total. The highest BCUT2D eigenvalue weighted by molar-refractivity contribution is 6.08. The number of H-pyrrole nitrogens is 1. The van der Waals surface area contributed by atoms with Crippen molar-refractivity contribution in [1.82, 2.24) is 15.0 Å². The van der Waals surface area contributed by atoms with E-state index in [1.165, 1.54) is 0 Å². The van der Waals surface area contributed by atoms with Crippen LogP contribution in [0.25, 0.3) is 21.9 Å². The molecular formula is C17H11N5. The van der Waals surface area contributed by atoms with Gasteiger partial charge in [0.1, 0.15) is 17.4 Å². The van der Waals surface area contributed by atoms with Crippen LogP contribution >= 0.6 is 0 Å². The Morgan fingerprint density at radius 3 is 2.86 bits per heavy atom. The number of benzene rings is 2. The monoisotopic (exact) mass is 285 g/mol. The predicted molar refractivity (Wildman–Crippen MR) is 85.8 cm³/mol. The van der Waals surface area contributed by atoms with E-state index < -0.39 is 0 Å². The quantitative estimate of drug-likeness (QED) is 0.588. The van der Waals surface area contributed by atoms with E-state index >= 15 is 0 Å². The number of hydrogen-bond donors (Lipinski definition) is 2.